The minimum Gasteiger partial charge on any atom is -0.495 e. The van der Waals surface area contributed by atoms with Gasteiger partial charge in [-0.2, -0.15) is 0 Å². The van der Waals surface area contributed by atoms with E-state index in [1.165, 1.54) is 38.5 Å². The standard InChI is InChI=1S/C20H28N2O2/c1-13-3-4-18(24-2)17(5-13)22-19(23)21-12-20-9-14-6-15(10-20)8-16(7-14)11-20/h3-5,14-16H,6-12H2,1-2H3,(H2,21,22,23). The molecule has 4 heteroatoms. The van der Waals surface area contributed by atoms with Crippen molar-refractivity contribution in [2.24, 2.45) is 23.2 Å². The van der Waals surface area contributed by atoms with Gasteiger partial charge in [-0.05, 0) is 86.3 Å². The molecule has 130 valence electrons. The summed E-state index contributed by atoms with van der Waals surface area (Å²) < 4.78 is 5.34. The summed E-state index contributed by atoms with van der Waals surface area (Å²) in [5, 5.41) is 6.11. The molecule has 0 unspecified atom stereocenters. The van der Waals surface area contributed by atoms with E-state index in [2.05, 4.69) is 10.6 Å². The van der Waals surface area contributed by atoms with Crippen LogP contribution >= 0.6 is 0 Å². The van der Waals surface area contributed by atoms with Gasteiger partial charge >= 0.3 is 6.03 Å². The Morgan fingerprint density at radius 3 is 2.38 bits per heavy atom. The van der Waals surface area contributed by atoms with Crippen LogP contribution in [-0.4, -0.2) is 19.7 Å². The average molecular weight is 328 g/mol. The van der Waals surface area contributed by atoms with Gasteiger partial charge in [0.25, 0.3) is 0 Å². The SMILES string of the molecule is COc1ccc(C)cc1NC(=O)NCC12CC3CC(CC(C3)C1)C2. The van der Waals surface area contributed by atoms with Crippen molar-refractivity contribution in [2.75, 3.05) is 19.0 Å². The summed E-state index contributed by atoms with van der Waals surface area (Å²) in [4.78, 5) is 12.4. The van der Waals surface area contributed by atoms with Crippen molar-refractivity contribution in [3.63, 3.8) is 0 Å². The fraction of sp³-hybridized carbons (Fsp3) is 0.650. The van der Waals surface area contributed by atoms with Crippen LogP contribution in [-0.2, 0) is 0 Å². The van der Waals surface area contributed by atoms with Gasteiger partial charge in [0.1, 0.15) is 5.75 Å². The van der Waals surface area contributed by atoms with Gasteiger partial charge < -0.3 is 15.4 Å². The number of anilines is 1. The number of ether oxygens (including phenoxy) is 1. The van der Waals surface area contributed by atoms with Crippen LogP contribution in [0.1, 0.15) is 44.1 Å². The van der Waals surface area contributed by atoms with Crippen LogP contribution in [0, 0.1) is 30.1 Å². The molecule has 0 atom stereocenters. The van der Waals surface area contributed by atoms with Crippen molar-refractivity contribution >= 4 is 11.7 Å². The van der Waals surface area contributed by atoms with Crippen molar-refractivity contribution in [1.29, 1.82) is 0 Å². The van der Waals surface area contributed by atoms with Crippen LogP contribution in [0.15, 0.2) is 18.2 Å². The van der Waals surface area contributed by atoms with Gasteiger partial charge in [0.15, 0.2) is 0 Å². The van der Waals surface area contributed by atoms with Crippen molar-refractivity contribution in [3.8, 4) is 5.75 Å². The van der Waals surface area contributed by atoms with Crippen LogP contribution < -0.4 is 15.4 Å². The first kappa shape index (κ1) is 15.8. The molecule has 4 aliphatic carbocycles. The zero-order chi connectivity index (χ0) is 16.7. The van der Waals surface area contributed by atoms with Gasteiger partial charge in [-0.3, -0.25) is 0 Å². The lowest BCUT2D eigenvalue weighted by Crippen LogP contribution is -2.51. The number of hydrogen-bond donors (Lipinski definition) is 2. The summed E-state index contributed by atoms with van der Waals surface area (Å²) in [6, 6.07) is 5.71. The third kappa shape index (κ3) is 2.99. The number of hydrogen-bond acceptors (Lipinski definition) is 2. The first-order chi connectivity index (χ1) is 11.5. The molecule has 0 heterocycles. The molecule has 1 aromatic carbocycles. The number of carbonyl (C=O) groups is 1. The lowest BCUT2D eigenvalue weighted by molar-refractivity contribution is -0.0496. The molecule has 0 aromatic heterocycles. The third-order valence-electron chi connectivity index (χ3n) is 6.39. The van der Waals surface area contributed by atoms with Gasteiger partial charge in [-0.15, -0.1) is 0 Å². The van der Waals surface area contributed by atoms with Crippen LogP contribution in [0.2, 0.25) is 0 Å². The highest BCUT2D eigenvalue weighted by Gasteiger charge is 2.50. The van der Waals surface area contributed by atoms with Crippen molar-refractivity contribution in [3.05, 3.63) is 23.8 Å². The van der Waals surface area contributed by atoms with Crippen LogP contribution in [0.3, 0.4) is 0 Å². The Labute approximate surface area is 144 Å². The lowest BCUT2D eigenvalue weighted by atomic mass is 9.49. The maximum atomic E-state index is 12.4. The Morgan fingerprint density at radius 2 is 1.79 bits per heavy atom. The largest absolute Gasteiger partial charge is 0.495 e. The molecule has 24 heavy (non-hydrogen) atoms. The number of urea groups is 1. The average Bonchev–Trinajstić information content (AvgIpc) is 2.52. The van der Waals surface area contributed by atoms with E-state index in [1.807, 2.05) is 25.1 Å². The van der Waals surface area contributed by atoms with Gasteiger partial charge in [-0.1, -0.05) is 6.07 Å². The van der Waals surface area contributed by atoms with E-state index in [0.717, 1.165) is 35.5 Å². The second-order valence-electron chi connectivity index (χ2n) is 8.43. The fourth-order valence-electron chi connectivity index (χ4n) is 5.86. The van der Waals surface area contributed by atoms with Crippen molar-refractivity contribution in [1.82, 2.24) is 5.32 Å². The molecule has 0 aliphatic heterocycles. The second-order valence-corrected chi connectivity index (χ2v) is 8.43. The number of methoxy groups -OCH3 is 1. The van der Waals surface area contributed by atoms with Crippen molar-refractivity contribution in [2.45, 2.75) is 45.4 Å². The topological polar surface area (TPSA) is 50.4 Å². The monoisotopic (exact) mass is 328 g/mol. The zero-order valence-electron chi connectivity index (χ0n) is 14.7. The predicted octanol–water partition coefficient (Wildman–Crippen LogP) is 4.34. The highest BCUT2D eigenvalue weighted by molar-refractivity contribution is 5.91. The van der Waals surface area contributed by atoms with Gasteiger partial charge in [0, 0.05) is 6.54 Å². The molecule has 2 N–H and O–H groups in total. The minimum absolute atomic E-state index is 0.116. The molecule has 4 nitrogen and oxygen atoms in total. The fourth-order valence-corrected chi connectivity index (χ4v) is 5.86. The molecule has 0 spiro atoms. The molecular formula is C20H28N2O2. The number of carbonyl (C=O) groups excluding carboxylic acids is 1. The smallest absolute Gasteiger partial charge is 0.319 e. The van der Waals surface area contributed by atoms with E-state index in [-0.39, 0.29) is 6.03 Å². The normalized spacial score (nSPS) is 33.3. The Balaban J connectivity index is 1.38. The van der Waals surface area contributed by atoms with Crippen LogP contribution in [0.5, 0.6) is 5.75 Å². The van der Waals surface area contributed by atoms with E-state index < -0.39 is 0 Å². The number of amides is 2. The molecule has 0 saturated heterocycles. The Kier molecular flexibility index (Phi) is 3.93. The molecule has 0 radical (unpaired) electrons. The zero-order valence-corrected chi connectivity index (χ0v) is 14.7. The van der Waals surface area contributed by atoms with Crippen molar-refractivity contribution < 1.29 is 9.53 Å². The third-order valence-corrected chi connectivity index (χ3v) is 6.39. The molecule has 2 amide bonds. The minimum atomic E-state index is -0.116. The predicted molar refractivity (Wildman–Crippen MR) is 95.4 cm³/mol. The highest BCUT2D eigenvalue weighted by atomic mass is 16.5. The molecule has 1 aromatic rings. The molecular weight excluding hydrogens is 300 g/mol. The summed E-state index contributed by atoms with van der Waals surface area (Å²) in [5.74, 6) is 3.44. The van der Waals surface area contributed by atoms with Gasteiger partial charge in [0.2, 0.25) is 0 Å². The molecule has 5 rings (SSSR count). The molecule has 4 aliphatic rings. The van der Waals surface area contributed by atoms with Gasteiger partial charge in [0.05, 0.1) is 12.8 Å². The summed E-state index contributed by atoms with van der Waals surface area (Å²) in [7, 11) is 1.63. The summed E-state index contributed by atoms with van der Waals surface area (Å²) in [6.45, 7) is 2.83. The number of aryl methyl sites for hydroxylation is 1. The Hall–Kier alpha value is -1.71. The van der Waals surface area contributed by atoms with Crippen LogP contribution in [0.4, 0.5) is 10.5 Å². The number of rotatable bonds is 4. The highest BCUT2D eigenvalue weighted by Crippen LogP contribution is 2.59. The first-order valence-corrected chi connectivity index (χ1v) is 9.25. The molecule has 4 saturated carbocycles. The van der Waals surface area contributed by atoms with Crippen LogP contribution in [0.25, 0.3) is 0 Å². The van der Waals surface area contributed by atoms with E-state index in [1.54, 1.807) is 7.11 Å². The van der Waals surface area contributed by atoms with Gasteiger partial charge in [-0.25, -0.2) is 4.79 Å². The summed E-state index contributed by atoms with van der Waals surface area (Å²) in [6.07, 6.45) is 8.25. The maximum absolute atomic E-state index is 12.4. The number of benzene rings is 1. The molecule has 4 bridgehead atoms. The van der Waals surface area contributed by atoms with E-state index >= 15 is 0 Å². The quantitative estimate of drug-likeness (QED) is 0.864. The maximum Gasteiger partial charge on any atom is 0.319 e. The Bertz CT molecular complexity index is 605. The van der Waals surface area contributed by atoms with E-state index in [4.69, 9.17) is 4.74 Å². The molecule has 4 fully saturated rings. The summed E-state index contributed by atoms with van der Waals surface area (Å²) >= 11 is 0. The Morgan fingerprint density at radius 1 is 1.17 bits per heavy atom. The van der Waals surface area contributed by atoms with E-state index in [9.17, 15) is 4.79 Å². The van der Waals surface area contributed by atoms with E-state index in [0.29, 0.717) is 11.2 Å². The number of nitrogens with one attached hydrogen (secondary N) is 2. The first-order valence-electron chi connectivity index (χ1n) is 9.25. The lowest BCUT2D eigenvalue weighted by Gasteiger charge is -2.56. The second kappa shape index (κ2) is 5.98. The summed E-state index contributed by atoms with van der Waals surface area (Å²) in [5.41, 5.74) is 2.20.